The van der Waals surface area contributed by atoms with E-state index in [1.165, 1.54) is 0 Å². The zero-order valence-electron chi connectivity index (χ0n) is 11.7. The van der Waals surface area contributed by atoms with Crippen molar-refractivity contribution < 1.29 is 9.59 Å². The zero-order chi connectivity index (χ0) is 17.2. The van der Waals surface area contributed by atoms with E-state index in [0.29, 0.717) is 0 Å². The van der Waals surface area contributed by atoms with E-state index in [2.05, 4.69) is 9.97 Å². The van der Waals surface area contributed by atoms with E-state index < -0.39 is 33.3 Å². The molecule has 1 aliphatic carbocycles. The first-order valence-corrected chi connectivity index (χ1v) is 6.68. The van der Waals surface area contributed by atoms with Crippen LogP contribution in [0.1, 0.15) is 21.0 Å². The van der Waals surface area contributed by atoms with Gasteiger partial charge in [0.2, 0.25) is 22.4 Å². The number of hydrogen-bond acceptors (Lipinski definition) is 8. The SMILES string of the molecule is O=C1C=CC(=O)c2nc3cc4c(=O)c(=O)c(=O)c(=O)c4cc3nc21. The highest BCUT2D eigenvalue weighted by molar-refractivity contribution is 6.21. The van der Waals surface area contributed by atoms with Crippen LogP contribution in [0.25, 0.3) is 21.8 Å². The van der Waals surface area contributed by atoms with Gasteiger partial charge in [-0.15, -0.1) is 0 Å². The molecule has 3 aromatic rings. The van der Waals surface area contributed by atoms with E-state index in [1.54, 1.807) is 0 Å². The fourth-order valence-electron chi connectivity index (χ4n) is 2.58. The van der Waals surface area contributed by atoms with Gasteiger partial charge in [0, 0.05) is 10.8 Å². The minimum atomic E-state index is -1.41. The number of fused-ring (bicyclic) bond motifs is 3. The van der Waals surface area contributed by atoms with Crippen LogP contribution in [0.4, 0.5) is 0 Å². The molecule has 114 valence electrons. The first-order valence-electron chi connectivity index (χ1n) is 6.68. The van der Waals surface area contributed by atoms with Crippen molar-refractivity contribution in [3.8, 4) is 0 Å². The van der Waals surface area contributed by atoms with E-state index in [1.807, 2.05) is 0 Å². The predicted molar refractivity (Wildman–Crippen MR) is 82.3 cm³/mol. The quantitative estimate of drug-likeness (QED) is 0.382. The van der Waals surface area contributed by atoms with Gasteiger partial charge in [-0.3, -0.25) is 28.8 Å². The average Bonchev–Trinajstić information content (AvgIpc) is 2.59. The lowest BCUT2D eigenvalue weighted by atomic mass is 10.0. The highest BCUT2D eigenvalue weighted by Crippen LogP contribution is 2.20. The van der Waals surface area contributed by atoms with Crippen LogP contribution in [0, 0.1) is 0 Å². The van der Waals surface area contributed by atoms with Crippen molar-refractivity contribution >= 4 is 33.4 Å². The van der Waals surface area contributed by atoms with Gasteiger partial charge in [-0.2, -0.15) is 0 Å². The molecule has 0 aliphatic heterocycles. The van der Waals surface area contributed by atoms with Crippen molar-refractivity contribution in [3.63, 3.8) is 0 Å². The van der Waals surface area contributed by atoms with Gasteiger partial charge in [-0.1, -0.05) is 0 Å². The molecular formula is C16H4N2O6. The summed E-state index contributed by atoms with van der Waals surface area (Å²) < 4.78 is 0. The second kappa shape index (κ2) is 4.42. The van der Waals surface area contributed by atoms with E-state index in [-0.39, 0.29) is 33.2 Å². The number of rotatable bonds is 0. The van der Waals surface area contributed by atoms with Crippen LogP contribution in [0.2, 0.25) is 0 Å². The van der Waals surface area contributed by atoms with Crippen LogP contribution in [0.3, 0.4) is 0 Å². The van der Waals surface area contributed by atoms with Gasteiger partial charge in [0.1, 0.15) is 11.4 Å². The Kier molecular flexibility index (Phi) is 2.57. The molecule has 24 heavy (non-hydrogen) atoms. The monoisotopic (exact) mass is 320 g/mol. The Hall–Kier alpha value is -3.68. The van der Waals surface area contributed by atoms with Crippen LogP contribution >= 0.6 is 0 Å². The van der Waals surface area contributed by atoms with Gasteiger partial charge in [0.05, 0.1) is 11.0 Å². The van der Waals surface area contributed by atoms with Crippen molar-refractivity contribution in [2.45, 2.75) is 0 Å². The summed E-state index contributed by atoms with van der Waals surface area (Å²) in [6, 6.07) is 2.25. The largest absolute Gasteiger partial charge is 0.287 e. The summed E-state index contributed by atoms with van der Waals surface area (Å²) in [5.74, 6) is -1.05. The van der Waals surface area contributed by atoms with E-state index in [9.17, 15) is 28.8 Å². The summed E-state index contributed by atoms with van der Waals surface area (Å²) in [4.78, 5) is 78.5. The molecule has 0 N–H and O–H groups in total. The molecule has 8 nitrogen and oxygen atoms in total. The molecule has 1 heterocycles. The molecule has 0 fully saturated rings. The summed E-state index contributed by atoms with van der Waals surface area (Å²) in [6.07, 6.45) is 2.11. The molecule has 0 spiro atoms. The molecule has 2 aromatic carbocycles. The maximum absolute atomic E-state index is 11.9. The zero-order valence-corrected chi connectivity index (χ0v) is 11.7. The number of aromatic nitrogens is 2. The van der Waals surface area contributed by atoms with Gasteiger partial charge in [-0.25, -0.2) is 9.97 Å². The lowest BCUT2D eigenvalue weighted by Gasteiger charge is -2.08. The third kappa shape index (κ3) is 1.67. The molecule has 4 rings (SSSR count). The van der Waals surface area contributed by atoms with Gasteiger partial charge >= 0.3 is 0 Å². The van der Waals surface area contributed by atoms with Crippen molar-refractivity contribution in [1.82, 2.24) is 9.97 Å². The Bertz CT molecular complexity index is 1260. The number of carbonyl (C=O) groups excluding carboxylic acids is 2. The number of nitrogens with zero attached hydrogens (tertiary/aromatic N) is 2. The fourth-order valence-corrected chi connectivity index (χ4v) is 2.58. The minimum Gasteiger partial charge on any atom is -0.287 e. The summed E-state index contributed by atoms with van der Waals surface area (Å²) in [5.41, 5.74) is -5.27. The number of allylic oxidation sites excluding steroid dienone is 2. The van der Waals surface area contributed by atoms with Crippen molar-refractivity contribution in [2.24, 2.45) is 0 Å². The smallest absolute Gasteiger partial charge is 0.277 e. The molecule has 0 amide bonds. The van der Waals surface area contributed by atoms with Crippen LogP contribution in [0.5, 0.6) is 0 Å². The van der Waals surface area contributed by atoms with Crippen molar-refractivity contribution in [2.75, 3.05) is 0 Å². The maximum atomic E-state index is 11.9. The van der Waals surface area contributed by atoms with Crippen LogP contribution in [-0.2, 0) is 0 Å². The average molecular weight is 320 g/mol. The summed E-state index contributed by atoms with van der Waals surface area (Å²) >= 11 is 0. The Morgan fingerprint density at radius 3 is 1.29 bits per heavy atom. The van der Waals surface area contributed by atoms with E-state index >= 15 is 0 Å². The second-order valence-electron chi connectivity index (χ2n) is 5.19. The number of carbonyl (C=O) groups is 2. The van der Waals surface area contributed by atoms with Crippen LogP contribution in [0.15, 0.2) is 43.5 Å². The number of benzene rings is 2. The van der Waals surface area contributed by atoms with E-state index in [0.717, 1.165) is 24.3 Å². The van der Waals surface area contributed by atoms with E-state index in [4.69, 9.17) is 0 Å². The minimum absolute atomic E-state index is 0.0623. The first kappa shape index (κ1) is 13.9. The molecule has 0 saturated heterocycles. The predicted octanol–water partition coefficient (Wildman–Crippen LogP) is -0.965. The third-order valence-corrected chi connectivity index (χ3v) is 3.76. The Morgan fingerprint density at radius 1 is 0.542 bits per heavy atom. The second-order valence-corrected chi connectivity index (χ2v) is 5.19. The molecule has 8 heteroatoms. The molecule has 0 saturated carbocycles. The highest BCUT2D eigenvalue weighted by atomic mass is 16.2. The van der Waals surface area contributed by atoms with Gasteiger partial charge < -0.3 is 0 Å². The maximum Gasteiger partial charge on any atom is 0.277 e. The van der Waals surface area contributed by atoms with Crippen molar-refractivity contribution in [3.05, 3.63) is 76.6 Å². The number of hydrogen-bond donors (Lipinski definition) is 0. The highest BCUT2D eigenvalue weighted by Gasteiger charge is 2.24. The summed E-state index contributed by atoms with van der Waals surface area (Å²) in [6.45, 7) is 0. The molecule has 0 bridgehead atoms. The summed E-state index contributed by atoms with van der Waals surface area (Å²) in [5, 5.41) is -0.534. The lowest BCUT2D eigenvalue weighted by Crippen LogP contribution is -2.46. The molecule has 0 unspecified atom stereocenters. The van der Waals surface area contributed by atoms with Crippen molar-refractivity contribution in [1.29, 1.82) is 0 Å². The normalized spacial score (nSPS) is 13.7. The van der Waals surface area contributed by atoms with Gasteiger partial charge in [-0.05, 0) is 24.3 Å². The van der Waals surface area contributed by atoms with Gasteiger partial charge in [0.15, 0.2) is 0 Å². The Morgan fingerprint density at radius 2 is 0.917 bits per heavy atom. The van der Waals surface area contributed by atoms with Crippen LogP contribution in [-0.4, -0.2) is 21.5 Å². The lowest BCUT2D eigenvalue weighted by molar-refractivity contribution is 0.0987. The Labute approximate surface area is 130 Å². The fraction of sp³-hybridized carbons (Fsp3) is 0. The molecular weight excluding hydrogens is 316 g/mol. The molecule has 0 atom stereocenters. The van der Waals surface area contributed by atoms with Gasteiger partial charge in [0.25, 0.3) is 10.9 Å². The topological polar surface area (TPSA) is 128 Å². The molecule has 0 radical (unpaired) electrons. The first-order chi connectivity index (χ1) is 11.4. The Balaban J connectivity index is 2.24. The standard InChI is InChI=1S/C16H4N2O6/c19-9-1-2-10(20)12-11(9)17-7-3-5-6(4-8(7)18-12)14(22)16(24)15(23)13(5)21/h1-4H. The van der Waals surface area contributed by atoms with Crippen LogP contribution < -0.4 is 21.7 Å². The third-order valence-electron chi connectivity index (χ3n) is 3.76. The summed E-state index contributed by atoms with van der Waals surface area (Å²) in [7, 11) is 0. The number of ketones is 2. The molecule has 1 aliphatic rings. The molecule has 1 aromatic heterocycles.